The predicted octanol–water partition coefficient (Wildman–Crippen LogP) is 1.55. The number of rotatable bonds is 5. The van der Waals surface area contributed by atoms with Gasteiger partial charge < -0.3 is 5.11 Å². The van der Waals surface area contributed by atoms with Crippen molar-refractivity contribution >= 4 is 38.3 Å². The van der Waals surface area contributed by atoms with Crippen molar-refractivity contribution in [2.75, 3.05) is 17.1 Å². The van der Waals surface area contributed by atoms with E-state index >= 15 is 0 Å². The van der Waals surface area contributed by atoms with Crippen molar-refractivity contribution in [2.45, 2.75) is 6.42 Å². The van der Waals surface area contributed by atoms with Crippen LogP contribution in [-0.4, -0.2) is 25.9 Å². The Morgan fingerprint density at radius 3 is 2.69 bits per heavy atom. The molecule has 0 aliphatic heterocycles. The van der Waals surface area contributed by atoms with Gasteiger partial charge in [-0.25, -0.2) is 12.8 Å². The maximum atomic E-state index is 12.8. The van der Waals surface area contributed by atoms with Crippen molar-refractivity contribution in [3.8, 4) is 0 Å². The molecule has 0 bridgehead atoms. The zero-order valence-corrected chi connectivity index (χ0v) is 11.3. The highest BCUT2D eigenvalue weighted by atomic mass is 127. The summed E-state index contributed by atoms with van der Waals surface area (Å²) in [7, 11) is -3.47. The molecule has 0 aliphatic carbocycles. The van der Waals surface area contributed by atoms with Crippen molar-refractivity contribution in [1.82, 2.24) is 0 Å². The van der Waals surface area contributed by atoms with Crippen LogP contribution in [0.15, 0.2) is 18.2 Å². The zero-order chi connectivity index (χ0) is 12.2. The lowest BCUT2D eigenvalue weighted by molar-refractivity contribution is 0.295. The van der Waals surface area contributed by atoms with Crippen LogP contribution >= 0.6 is 22.6 Å². The largest absolute Gasteiger partial charge is 0.396 e. The molecule has 16 heavy (non-hydrogen) atoms. The molecule has 1 aromatic carbocycles. The molecule has 0 heterocycles. The van der Waals surface area contributed by atoms with Gasteiger partial charge in [0.15, 0.2) is 0 Å². The van der Waals surface area contributed by atoms with Crippen LogP contribution in [0.5, 0.6) is 0 Å². The molecule has 0 fully saturated rings. The summed E-state index contributed by atoms with van der Waals surface area (Å²) < 4.78 is 38.5. The summed E-state index contributed by atoms with van der Waals surface area (Å²) in [5.41, 5.74) is 0.347. The van der Waals surface area contributed by atoms with Gasteiger partial charge in [0, 0.05) is 10.2 Å². The number of aliphatic hydroxyl groups is 1. The first kappa shape index (κ1) is 13.7. The molecule has 0 spiro atoms. The first-order valence-corrected chi connectivity index (χ1v) is 7.24. The van der Waals surface area contributed by atoms with E-state index in [1.54, 1.807) is 0 Å². The third-order valence-corrected chi connectivity index (χ3v) is 4.02. The monoisotopic (exact) mass is 359 g/mol. The van der Waals surface area contributed by atoms with Gasteiger partial charge in [0.2, 0.25) is 10.0 Å². The van der Waals surface area contributed by atoms with E-state index in [9.17, 15) is 12.8 Å². The van der Waals surface area contributed by atoms with Crippen LogP contribution in [0.4, 0.5) is 10.1 Å². The van der Waals surface area contributed by atoms with Crippen LogP contribution in [0.1, 0.15) is 6.42 Å². The van der Waals surface area contributed by atoms with E-state index in [2.05, 4.69) is 4.72 Å². The average molecular weight is 359 g/mol. The standard InChI is InChI=1S/C9H11FINO3S/c10-7-2-3-9(8(11)6-7)12-16(14,15)5-1-4-13/h2-3,6,12-13H,1,4-5H2. The van der Waals surface area contributed by atoms with Gasteiger partial charge in [0.25, 0.3) is 0 Å². The normalized spacial score (nSPS) is 11.4. The van der Waals surface area contributed by atoms with E-state index in [0.29, 0.717) is 9.26 Å². The molecule has 1 aromatic rings. The fraction of sp³-hybridized carbons (Fsp3) is 0.333. The highest BCUT2D eigenvalue weighted by Crippen LogP contribution is 2.20. The molecule has 7 heteroatoms. The van der Waals surface area contributed by atoms with Gasteiger partial charge in [-0.2, -0.15) is 0 Å². The summed E-state index contributed by atoms with van der Waals surface area (Å²) in [5, 5.41) is 8.54. The Morgan fingerprint density at radius 1 is 1.44 bits per heavy atom. The maximum absolute atomic E-state index is 12.8. The molecule has 0 atom stereocenters. The Morgan fingerprint density at radius 2 is 2.12 bits per heavy atom. The number of halogens is 2. The first-order chi connectivity index (χ1) is 7.44. The van der Waals surface area contributed by atoms with E-state index in [4.69, 9.17) is 5.11 Å². The van der Waals surface area contributed by atoms with Gasteiger partial charge >= 0.3 is 0 Å². The SMILES string of the molecule is O=S(=O)(CCCO)Nc1ccc(F)cc1I. The number of nitrogens with one attached hydrogen (secondary N) is 1. The lowest BCUT2D eigenvalue weighted by Crippen LogP contribution is -2.18. The molecular weight excluding hydrogens is 348 g/mol. The predicted molar refractivity (Wildman–Crippen MR) is 68.2 cm³/mol. The lowest BCUT2D eigenvalue weighted by Gasteiger charge is -2.09. The molecule has 0 saturated heterocycles. The van der Waals surface area contributed by atoms with Gasteiger partial charge in [-0.1, -0.05) is 0 Å². The molecule has 0 radical (unpaired) electrons. The molecule has 0 aromatic heterocycles. The van der Waals surface area contributed by atoms with E-state index < -0.39 is 15.8 Å². The van der Waals surface area contributed by atoms with Gasteiger partial charge in [0.1, 0.15) is 5.82 Å². The van der Waals surface area contributed by atoms with Crippen molar-refractivity contribution in [3.05, 3.63) is 27.6 Å². The minimum absolute atomic E-state index is 0.156. The highest BCUT2D eigenvalue weighted by Gasteiger charge is 2.11. The Balaban J connectivity index is 2.80. The highest BCUT2D eigenvalue weighted by molar-refractivity contribution is 14.1. The van der Waals surface area contributed by atoms with E-state index in [0.717, 1.165) is 0 Å². The van der Waals surface area contributed by atoms with Gasteiger partial charge in [0.05, 0.1) is 11.4 Å². The number of sulfonamides is 1. The van der Waals surface area contributed by atoms with Crippen molar-refractivity contribution in [1.29, 1.82) is 0 Å². The van der Waals surface area contributed by atoms with Gasteiger partial charge in [-0.15, -0.1) is 0 Å². The minimum atomic E-state index is -3.47. The van der Waals surface area contributed by atoms with Crippen molar-refractivity contribution < 1.29 is 17.9 Å². The van der Waals surface area contributed by atoms with E-state index in [-0.39, 0.29) is 18.8 Å². The average Bonchev–Trinajstić information content (AvgIpc) is 2.19. The van der Waals surface area contributed by atoms with Crippen LogP contribution < -0.4 is 4.72 Å². The number of hydrogen-bond acceptors (Lipinski definition) is 3. The fourth-order valence-corrected chi connectivity index (χ4v) is 2.96. The fourth-order valence-electron chi connectivity index (χ4n) is 1.05. The second-order valence-electron chi connectivity index (χ2n) is 3.12. The molecule has 0 amide bonds. The molecule has 90 valence electrons. The summed E-state index contributed by atoms with van der Waals surface area (Å²) in [6.45, 7) is -0.179. The van der Waals surface area contributed by atoms with E-state index in [1.807, 2.05) is 22.6 Å². The number of hydrogen-bond donors (Lipinski definition) is 2. The molecule has 0 saturated carbocycles. The third kappa shape index (κ3) is 4.22. The Hall–Kier alpha value is -0.410. The topological polar surface area (TPSA) is 66.4 Å². The van der Waals surface area contributed by atoms with Gasteiger partial charge in [-0.05, 0) is 47.2 Å². The summed E-state index contributed by atoms with van der Waals surface area (Å²) in [6.07, 6.45) is 0.174. The zero-order valence-electron chi connectivity index (χ0n) is 8.28. The molecule has 2 N–H and O–H groups in total. The maximum Gasteiger partial charge on any atom is 0.232 e. The minimum Gasteiger partial charge on any atom is -0.396 e. The number of aliphatic hydroxyl groups excluding tert-OH is 1. The summed E-state index contributed by atoms with van der Waals surface area (Å²) in [6, 6.07) is 3.80. The van der Waals surface area contributed by atoms with Crippen molar-refractivity contribution in [2.24, 2.45) is 0 Å². The molecule has 4 nitrogen and oxygen atoms in total. The number of anilines is 1. The Bertz CT molecular complexity index is 464. The molecular formula is C9H11FINO3S. The molecule has 0 aliphatic rings. The summed E-state index contributed by atoms with van der Waals surface area (Å²) in [4.78, 5) is 0. The summed E-state index contributed by atoms with van der Waals surface area (Å²) >= 11 is 1.85. The molecule has 1 rings (SSSR count). The second kappa shape index (κ2) is 5.78. The Kier molecular flexibility index (Phi) is 4.93. The van der Waals surface area contributed by atoms with E-state index in [1.165, 1.54) is 18.2 Å². The third-order valence-electron chi connectivity index (χ3n) is 1.77. The molecule has 0 unspecified atom stereocenters. The van der Waals surface area contributed by atoms with Crippen LogP contribution in [-0.2, 0) is 10.0 Å². The summed E-state index contributed by atoms with van der Waals surface area (Å²) in [5.74, 6) is -0.570. The first-order valence-electron chi connectivity index (χ1n) is 4.51. The lowest BCUT2D eigenvalue weighted by atomic mass is 10.3. The smallest absolute Gasteiger partial charge is 0.232 e. The number of benzene rings is 1. The van der Waals surface area contributed by atoms with Crippen LogP contribution in [0, 0.1) is 9.39 Å². The van der Waals surface area contributed by atoms with Crippen LogP contribution in [0.25, 0.3) is 0 Å². The quantitative estimate of drug-likeness (QED) is 0.785. The Labute approximate surface area is 107 Å². The van der Waals surface area contributed by atoms with Crippen molar-refractivity contribution in [3.63, 3.8) is 0 Å². The van der Waals surface area contributed by atoms with Crippen LogP contribution in [0.2, 0.25) is 0 Å². The van der Waals surface area contributed by atoms with Crippen LogP contribution in [0.3, 0.4) is 0 Å². The second-order valence-corrected chi connectivity index (χ2v) is 6.13. The van der Waals surface area contributed by atoms with Gasteiger partial charge in [-0.3, -0.25) is 4.72 Å².